The molecule has 0 aliphatic carbocycles. The van der Waals surface area contributed by atoms with Gasteiger partial charge >= 0.3 is 0 Å². The molecule has 1 amide bonds. The highest BCUT2D eigenvalue weighted by atomic mass is 35.5. The lowest BCUT2D eigenvalue weighted by Crippen LogP contribution is -2.27. The summed E-state index contributed by atoms with van der Waals surface area (Å²) in [7, 11) is 0. The molecular formula is C10H18ClF2NO2. The third-order valence-electron chi connectivity index (χ3n) is 1.94. The van der Waals surface area contributed by atoms with Gasteiger partial charge in [-0.1, -0.05) is 6.92 Å². The number of alkyl halides is 3. The summed E-state index contributed by atoms with van der Waals surface area (Å²) in [6.45, 7) is 1.88. The molecule has 0 aromatic carbocycles. The first kappa shape index (κ1) is 15.6. The Kier molecular flexibility index (Phi) is 9.52. The topological polar surface area (TPSA) is 38.3 Å². The van der Waals surface area contributed by atoms with Crippen LogP contribution in [0.4, 0.5) is 8.78 Å². The van der Waals surface area contributed by atoms with Crippen molar-refractivity contribution in [3.63, 3.8) is 0 Å². The zero-order valence-electron chi connectivity index (χ0n) is 9.35. The van der Waals surface area contributed by atoms with Gasteiger partial charge in [-0.15, -0.1) is 11.6 Å². The van der Waals surface area contributed by atoms with E-state index in [0.29, 0.717) is 13.0 Å². The summed E-state index contributed by atoms with van der Waals surface area (Å²) in [5, 5.41) is 2.71. The largest absolute Gasteiger partial charge is 0.375 e. The van der Waals surface area contributed by atoms with Crippen molar-refractivity contribution < 1.29 is 18.3 Å². The average molecular weight is 258 g/mol. The van der Waals surface area contributed by atoms with Crippen LogP contribution in [0.25, 0.3) is 0 Å². The summed E-state index contributed by atoms with van der Waals surface area (Å²) in [6, 6.07) is 0. The maximum atomic E-state index is 11.6. The number of carbonyl (C=O) groups is 1. The number of carbonyl (C=O) groups excluding carboxylic acids is 1. The maximum Gasteiger partial charge on any atom is 0.261 e. The highest BCUT2D eigenvalue weighted by Gasteiger charge is 2.05. The van der Waals surface area contributed by atoms with Gasteiger partial charge in [-0.05, 0) is 12.8 Å². The average Bonchev–Trinajstić information content (AvgIpc) is 2.24. The molecule has 0 fully saturated rings. The number of rotatable bonds is 9. The minimum atomic E-state index is -2.48. The summed E-state index contributed by atoms with van der Waals surface area (Å²) in [4.78, 5) is 11.1. The van der Waals surface area contributed by atoms with Crippen molar-refractivity contribution in [2.24, 2.45) is 0 Å². The molecule has 96 valence electrons. The van der Waals surface area contributed by atoms with Crippen molar-refractivity contribution >= 4 is 17.5 Å². The maximum absolute atomic E-state index is 11.6. The van der Waals surface area contributed by atoms with Gasteiger partial charge in [0, 0.05) is 18.3 Å². The van der Waals surface area contributed by atoms with Crippen molar-refractivity contribution in [3.05, 3.63) is 0 Å². The standard InChI is InChI=1S/C10H18ClF2NO2/c1-2-8(11)3-5-14-10(15)4-6-16-7-9(12)13/h8-9H,2-7H2,1H3,(H,14,15). The molecule has 0 aromatic heterocycles. The Morgan fingerprint density at radius 1 is 1.50 bits per heavy atom. The van der Waals surface area contributed by atoms with E-state index >= 15 is 0 Å². The molecule has 1 atom stereocenters. The van der Waals surface area contributed by atoms with Gasteiger partial charge < -0.3 is 10.1 Å². The lowest BCUT2D eigenvalue weighted by atomic mass is 10.2. The Morgan fingerprint density at radius 3 is 2.75 bits per heavy atom. The molecule has 1 N–H and O–H groups in total. The van der Waals surface area contributed by atoms with Gasteiger partial charge in [-0.3, -0.25) is 4.79 Å². The van der Waals surface area contributed by atoms with Crippen LogP contribution in [-0.4, -0.2) is 37.5 Å². The number of halogens is 3. The smallest absolute Gasteiger partial charge is 0.261 e. The van der Waals surface area contributed by atoms with Crippen LogP contribution in [0.5, 0.6) is 0 Å². The Labute approximate surface area is 99.5 Å². The normalized spacial score (nSPS) is 12.8. The molecule has 0 aliphatic heterocycles. The van der Waals surface area contributed by atoms with E-state index in [1.807, 2.05) is 6.92 Å². The van der Waals surface area contributed by atoms with Crippen LogP contribution in [0.3, 0.4) is 0 Å². The van der Waals surface area contributed by atoms with E-state index in [1.165, 1.54) is 0 Å². The van der Waals surface area contributed by atoms with Crippen LogP contribution in [0, 0.1) is 0 Å². The SMILES string of the molecule is CCC(Cl)CCNC(=O)CCOCC(F)F. The molecule has 0 heterocycles. The van der Waals surface area contributed by atoms with Gasteiger partial charge in [0.15, 0.2) is 0 Å². The van der Waals surface area contributed by atoms with E-state index in [9.17, 15) is 13.6 Å². The zero-order valence-corrected chi connectivity index (χ0v) is 10.1. The summed E-state index contributed by atoms with van der Waals surface area (Å²) in [5.74, 6) is -0.200. The Bertz CT molecular complexity index is 194. The second kappa shape index (κ2) is 9.78. The van der Waals surface area contributed by atoms with Gasteiger partial charge in [0.2, 0.25) is 5.91 Å². The summed E-state index contributed by atoms with van der Waals surface area (Å²) in [6.07, 6.45) is -0.813. The zero-order chi connectivity index (χ0) is 12.4. The first-order valence-electron chi connectivity index (χ1n) is 5.33. The first-order valence-corrected chi connectivity index (χ1v) is 5.76. The van der Waals surface area contributed by atoms with Crippen LogP contribution < -0.4 is 5.32 Å². The fourth-order valence-electron chi connectivity index (χ4n) is 0.998. The minimum absolute atomic E-state index is 0.0221. The van der Waals surface area contributed by atoms with Crippen molar-refractivity contribution in [1.82, 2.24) is 5.32 Å². The molecular weight excluding hydrogens is 240 g/mol. The summed E-state index contributed by atoms with van der Waals surface area (Å²) in [5.41, 5.74) is 0. The number of amides is 1. The van der Waals surface area contributed by atoms with E-state index in [1.54, 1.807) is 0 Å². The van der Waals surface area contributed by atoms with Gasteiger partial charge in [0.25, 0.3) is 6.43 Å². The van der Waals surface area contributed by atoms with Crippen LogP contribution in [-0.2, 0) is 9.53 Å². The molecule has 0 rings (SSSR count). The molecule has 0 spiro atoms. The van der Waals surface area contributed by atoms with E-state index in [-0.39, 0.29) is 24.3 Å². The second-order valence-electron chi connectivity index (χ2n) is 3.36. The number of hydrogen-bond donors (Lipinski definition) is 1. The quantitative estimate of drug-likeness (QED) is 0.508. The van der Waals surface area contributed by atoms with E-state index in [2.05, 4.69) is 10.1 Å². The molecule has 3 nitrogen and oxygen atoms in total. The van der Waals surface area contributed by atoms with Gasteiger partial charge in [0.1, 0.15) is 6.61 Å². The monoisotopic (exact) mass is 257 g/mol. The summed E-state index contributed by atoms with van der Waals surface area (Å²) >= 11 is 5.85. The van der Waals surface area contributed by atoms with Gasteiger partial charge in [-0.25, -0.2) is 8.78 Å². The van der Waals surface area contributed by atoms with Gasteiger partial charge in [-0.2, -0.15) is 0 Å². The van der Waals surface area contributed by atoms with Crippen molar-refractivity contribution in [3.8, 4) is 0 Å². The molecule has 0 aliphatic rings. The predicted octanol–water partition coefficient (Wildman–Crippen LogP) is 2.18. The Hall–Kier alpha value is -0.420. The van der Waals surface area contributed by atoms with Crippen molar-refractivity contribution in [1.29, 1.82) is 0 Å². The highest BCUT2D eigenvalue weighted by molar-refractivity contribution is 6.20. The number of nitrogens with one attached hydrogen (secondary N) is 1. The van der Waals surface area contributed by atoms with Crippen LogP contribution in [0.1, 0.15) is 26.2 Å². The molecule has 6 heteroatoms. The van der Waals surface area contributed by atoms with E-state index < -0.39 is 13.0 Å². The van der Waals surface area contributed by atoms with Crippen molar-refractivity contribution in [2.45, 2.75) is 38.0 Å². The molecule has 0 saturated heterocycles. The fraction of sp³-hybridized carbons (Fsp3) is 0.900. The number of ether oxygens (including phenoxy) is 1. The molecule has 0 radical (unpaired) electrons. The van der Waals surface area contributed by atoms with Gasteiger partial charge in [0.05, 0.1) is 6.61 Å². The van der Waals surface area contributed by atoms with E-state index in [4.69, 9.17) is 11.6 Å². The lowest BCUT2D eigenvalue weighted by molar-refractivity contribution is -0.122. The second-order valence-corrected chi connectivity index (χ2v) is 3.98. The lowest BCUT2D eigenvalue weighted by Gasteiger charge is -2.08. The highest BCUT2D eigenvalue weighted by Crippen LogP contribution is 2.04. The first-order chi connectivity index (χ1) is 7.56. The molecule has 0 saturated carbocycles. The third-order valence-corrected chi connectivity index (χ3v) is 2.47. The predicted molar refractivity (Wildman–Crippen MR) is 59.0 cm³/mol. The Balaban J connectivity index is 3.31. The van der Waals surface area contributed by atoms with E-state index in [0.717, 1.165) is 6.42 Å². The van der Waals surface area contributed by atoms with Crippen LogP contribution >= 0.6 is 11.6 Å². The Morgan fingerprint density at radius 2 is 2.19 bits per heavy atom. The minimum Gasteiger partial charge on any atom is -0.375 e. The number of hydrogen-bond acceptors (Lipinski definition) is 2. The molecule has 1 unspecified atom stereocenters. The summed E-state index contributed by atoms with van der Waals surface area (Å²) < 4.78 is 27.9. The van der Waals surface area contributed by atoms with Crippen molar-refractivity contribution in [2.75, 3.05) is 19.8 Å². The third kappa shape index (κ3) is 10.1. The molecule has 0 aromatic rings. The molecule has 0 bridgehead atoms. The molecule has 16 heavy (non-hydrogen) atoms. The van der Waals surface area contributed by atoms with Crippen LogP contribution in [0.2, 0.25) is 0 Å². The fourth-order valence-corrected chi connectivity index (χ4v) is 1.11. The van der Waals surface area contributed by atoms with Crippen LogP contribution in [0.15, 0.2) is 0 Å².